The van der Waals surface area contributed by atoms with E-state index in [2.05, 4.69) is 30.0 Å². The molecule has 3 N–H and O–H groups in total. The van der Waals surface area contributed by atoms with Crippen molar-refractivity contribution >= 4 is 29.1 Å². The zero-order chi connectivity index (χ0) is 20.5. The first-order valence-electron chi connectivity index (χ1n) is 8.67. The first-order valence-corrected chi connectivity index (χ1v) is 9.08. The van der Waals surface area contributed by atoms with E-state index in [1.807, 2.05) is 0 Å². The largest absolute Gasteiger partial charge is 0.497 e. The number of carbonyl (C=O) groups is 2. The second-order valence-corrected chi connectivity index (χ2v) is 6.73. The molecule has 0 bridgehead atoms. The van der Waals surface area contributed by atoms with Gasteiger partial charge in [0.05, 0.1) is 13.7 Å². The first-order chi connectivity index (χ1) is 13.4. The number of thiocarbonyl (C=S) groups is 1. The zero-order valence-corrected chi connectivity index (χ0v) is 16.8. The Morgan fingerprint density at radius 1 is 0.893 bits per heavy atom. The number of ether oxygens (including phenoxy) is 2. The van der Waals surface area contributed by atoms with Crippen molar-refractivity contribution in [2.45, 2.75) is 13.8 Å². The standard InChI is InChI=1S/C20H23N3O4S/c1-13(2)12-27-17-10-6-14(7-11-17)18(24)21-20(28)23-22-19(25)15-4-8-16(26-3)9-5-15/h4-11,13H,12H2,1-3H3,(H,22,25)(H2,21,23,24,28). The van der Waals surface area contributed by atoms with E-state index in [1.54, 1.807) is 55.6 Å². The molecule has 0 radical (unpaired) electrons. The van der Waals surface area contributed by atoms with E-state index in [4.69, 9.17) is 21.7 Å². The number of carbonyl (C=O) groups excluding carboxylic acids is 2. The SMILES string of the molecule is COc1ccc(C(=O)NNC(=S)NC(=O)c2ccc(OCC(C)C)cc2)cc1. The maximum atomic E-state index is 12.2. The fourth-order valence-electron chi connectivity index (χ4n) is 2.10. The molecule has 7 nitrogen and oxygen atoms in total. The number of nitrogens with one attached hydrogen (secondary N) is 3. The Hall–Kier alpha value is -3.13. The highest BCUT2D eigenvalue weighted by Crippen LogP contribution is 2.13. The van der Waals surface area contributed by atoms with Crippen LogP contribution in [0.4, 0.5) is 0 Å². The number of hydrazine groups is 1. The summed E-state index contributed by atoms with van der Waals surface area (Å²) < 4.78 is 10.6. The summed E-state index contributed by atoms with van der Waals surface area (Å²) in [5, 5.41) is 2.48. The predicted molar refractivity (Wildman–Crippen MR) is 110 cm³/mol. The number of hydrogen-bond acceptors (Lipinski definition) is 5. The van der Waals surface area contributed by atoms with Crippen molar-refractivity contribution in [3.8, 4) is 11.5 Å². The van der Waals surface area contributed by atoms with E-state index < -0.39 is 11.8 Å². The van der Waals surface area contributed by atoms with Gasteiger partial charge in [-0.3, -0.25) is 25.8 Å². The number of amides is 2. The monoisotopic (exact) mass is 401 g/mol. The molecule has 0 aromatic heterocycles. The molecule has 0 atom stereocenters. The first kappa shape index (κ1) is 21.2. The smallest absolute Gasteiger partial charge is 0.269 e. The van der Waals surface area contributed by atoms with Crippen molar-refractivity contribution in [2.75, 3.05) is 13.7 Å². The third kappa shape index (κ3) is 6.55. The van der Waals surface area contributed by atoms with Crippen LogP contribution in [0, 0.1) is 5.92 Å². The van der Waals surface area contributed by atoms with E-state index in [-0.39, 0.29) is 5.11 Å². The Kier molecular flexibility index (Phi) is 7.76. The number of benzene rings is 2. The maximum Gasteiger partial charge on any atom is 0.269 e. The minimum atomic E-state index is -0.397. The Labute approximate surface area is 169 Å². The average Bonchev–Trinajstić information content (AvgIpc) is 2.70. The number of methoxy groups -OCH3 is 1. The maximum absolute atomic E-state index is 12.2. The molecule has 0 heterocycles. The molecule has 0 saturated heterocycles. The minimum absolute atomic E-state index is 0.0213. The molecule has 0 aliphatic rings. The lowest BCUT2D eigenvalue weighted by molar-refractivity contribution is 0.0934. The van der Waals surface area contributed by atoms with Crippen LogP contribution in [0.1, 0.15) is 34.6 Å². The number of hydrogen-bond donors (Lipinski definition) is 3. The lowest BCUT2D eigenvalue weighted by Crippen LogP contribution is -2.48. The second kappa shape index (κ2) is 10.3. The van der Waals surface area contributed by atoms with Crippen molar-refractivity contribution in [3.63, 3.8) is 0 Å². The molecule has 8 heteroatoms. The predicted octanol–water partition coefficient (Wildman–Crippen LogP) is 2.68. The van der Waals surface area contributed by atoms with Crippen LogP contribution in [0.15, 0.2) is 48.5 Å². The summed E-state index contributed by atoms with van der Waals surface area (Å²) in [4.78, 5) is 24.3. The Morgan fingerprint density at radius 3 is 1.96 bits per heavy atom. The quantitative estimate of drug-likeness (QED) is 0.510. The van der Waals surface area contributed by atoms with Crippen LogP contribution in [0.25, 0.3) is 0 Å². The summed E-state index contributed by atoms with van der Waals surface area (Å²) in [6.45, 7) is 4.72. The lowest BCUT2D eigenvalue weighted by atomic mass is 10.2. The normalized spacial score (nSPS) is 10.1. The van der Waals surface area contributed by atoms with Crippen molar-refractivity contribution in [1.29, 1.82) is 0 Å². The molecule has 0 aliphatic carbocycles. The van der Waals surface area contributed by atoms with Gasteiger partial charge in [-0.25, -0.2) is 0 Å². The zero-order valence-electron chi connectivity index (χ0n) is 15.9. The van der Waals surface area contributed by atoms with Gasteiger partial charge in [0, 0.05) is 11.1 Å². The van der Waals surface area contributed by atoms with E-state index in [9.17, 15) is 9.59 Å². The molecule has 2 aromatic carbocycles. The molecular formula is C20H23N3O4S. The Morgan fingerprint density at radius 2 is 1.43 bits per heavy atom. The van der Waals surface area contributed by atoms with Crippen LogP contribution in [0.5, 0.6) is 11.5 Å². The minimum Gasteiger partial charge on any atom is -0.497 e. The van der Waals surface area contributed by atoms with Gasteiger partial charge in [0.2, 0.25) is 0 Å². The fourth-order valence-corrected chi connectivity index (χ4v) is 2.24. The molecule has 148 valence electrons. The molecule has 2 amide bonds. The van der Waals surface area contributed by atoms with Gasteiger partial charge < -0.3 is 9.47 Å². The van der Waals surface area contributed by atoms with Crippen LogP contribution in [-0.2, 0) is 0 Å². The molecule has 0 spiro atoms. The third-order valence-corrected chi connectivity index (χ3v) is 3.77. The van der Waals surface area contributed by atoms with Crippen LogP contribution in [-0.4, -0.2) is 30.6 Å². The highest BCUT2D eigenvalue weighted by atomic mass is 32.1. The summed E-state index contributed by atoms with van der Waals surface area (Å²) in [7, 11) is 1.55. The summed E-state index contributed by atoms with van der Waals surface area (Å²) in [6, 6.07) is 13.3. The van der Waals surface area contributed by atoms with Crippen LogP contribution in [0.2, 0.25) is 0 Å². The average molecular weight is 401 g/mol. The molecule has 0 aliphatic heterocycles. The summed E-state index contributed by atoms with van der Waals surface area (Å²) >= 11 is 5.03. The molecule has 28 heavy (non-hydrogen) atoms. The van der Waals surface area contributed by atoms with Crippen molar-refractivity contribution < 1.29 is 19.1 Å². The van der Waals surface area contributed by atoms with Gasteiger partial charge in [-0.05, 0) is 66.7 Å². The van der Waals surface area contributed by atoms with Crippen LogP contribution < -0.4 is 25.6 Å². The van der Waals surface area contributed by atoms with Gasteiger partial charge in [-0.1, -0.05) is 13.8 Å². The highest BCUT2D eigenvalue weighted by Gasteiger charge is 2.10. The molecular weight excluding hydrogens is 378 g/mol. The van der Waals surface area contributed by atoms with Crippen LogP contribution >= 0.6 is 12.2 Å². The van der Waals surface area contributed by atoms with E-state index in [0.29, 0.717) is 35.2 Å². The fraction of sp³-hybridized carbons (Fsp3) is 0.250. The van der Waals surface area contributed by atoms with Gasteiger partial charge in [0.15, 0.2) is 5.11 Å². The van der Waals surface area contributed by atoms with Gasteiger partial charge in [-0.2, -0.15) is 0 Å². The topological polar surface area (TPSA) is 88.7 Å². The van der Waals surface area contributed by atoms with Crippen molar-refractivity contribution in [3.05, 3.63) is 59.7 Å². The molecule has 2 aromatic rings. The Balaban J connectivity index is 1.81. The number of rotatable bonds is 6. The summed E-state index contributed by atoms with van der Waals surface area (Å²) in [5.41, 5.74) is 5.76. The van der Waals surface area contributed by atoms with Gasteiger partial charge in [-0.15, -0.1) is 0 Å². The molecule has 0 unspecified atom stereocenters. The second-order valence-electron chi connectivity index (χ2n) is 6.32. The van der Waals surface area contributed by atoms with Gasteiger partial charge >= 0.3 is 0 Å². The van der Waals surface area contributed by atoms with E-state index in [0.717, 1.165) is 0 Å². The summed E-state index contributed by atoms with van der Waals surface area (Å²) in [5.74, 6) is 0.961. The highest BCUT2D eigenvalue weighted by molar-refractivity contribution is 7.80. The van der Waals surface area contributed by atoms with E-state index >= 15 is 0 Å². The van der Waals surface area contributed by atoms with E-state index in [1.165, 1.54) is 0 Å². The van der Waals surface area contributed by atoms with Crippen LogP contribution in [0.3, 0.4) is 0 Å². The lowest BCUT2D eigenvalue weighted by Gasteiger charge is -2.12. The van der Waals surface area contributed by atoms with Gasteiger partial charge in [0.1, 0.15) is 11.5 Å². The molecule has 0 saturated carbocycles. The molecule has 2 rings (SSSR count). The Bertz CT molecular complexity index is 820. The van der Waals surface area contributed by atoms with Crippen molar-refractivity contribution in [1.82, 2.24) is 16.2 Å². The molecule has 0 fully saturated rings. The summed E-state index contributed by atoms with van der Waals surface area (Å²) in [6.07, 6.45) is 0. The van der Waals surface area contributed by atoms with Crippen molar-refractivity contribution in [2.24, 2.45) is 5.92 Å². The van der Waals surface area contributed by atoms with Gasteiger partial charge in [0.25, 0.3) is 11.8 Å². The third-order valence-electron chi connectivity index (χ3n) is 3.57.